The molecule has 3 atom stereocenters. The Morgan fingerprint density at radius 2 is 2.06 bits per heavy atom. The van der Waals surface area contributed by atoms with E-state index in [1.807, 2.05) is 12.1 Å². The molecule has 1 fully saturated rings. The molecule has 0 heterocycles. The predicted octanol–water partition coefficient (Wildman–Crippen LogP) is 5.35. The minimum Gasteiger partial charge on any atom is -0.0888 e. The van der Waals surface area contributed by atoms with Crippen LogP contribution in [0.5, 0.6) is 0 Å². The third-order valence-corrected chi connectivity index (χ3v) is 5.79. The predicted molar refractivity (Wildman–Crippen MR) is 74.8 cm³/mol. The Morgan fingerprint density at radius 3 is 2.69 bits per heavy atom. The Morgan fingerprint density at radius 1 is 1.31 bits per heavy atom. The van der Waals surface area contributed by atoms with Gasteiger partial charge < -0.3 is 0 Å². The van der Waals surface area contributed by atoms with Gasteiger partial charge in [0.1, 0.15) is 0 Å². The Labute approximate surface area is 115 Å². The summed E-state index contributed by atoms with van der Waals surface area (Å²) in [5, 5.41) is 1.40. The Hall–Kier alpha value is 0.280. The van der Waals surface area contributed by atoms with Crippen LogP contribution in [0.25, 0.3) is 0 Å². The van der Waals surface area contributed by atoms with Crippen LogP contribution in [0.15, 0.2) is 18.2 Å². The van der Waals surface area contributed by atoms with Gasteiger partial charge in [-0.1, -0.05) is 58.2 Å². The summed E-state index contributed by atoms with van der Waals surface area (Å²) >= 11 is 16.0. The zero-order valence-electron chi connectivity index (χ0n) is 9.22. The molecule has 1 aromatic rings. The van der Waals surface area contributed by atoms with E-state index in [1.165, 1.54) is 18.4 Å². The molecule has 0 radical (unpaired) electrons. The monoisotopic (exact) mass is 320 g/mol. The molecule has 88 valence electrons. The van der Waals surface area contributed by atoms with Crippen molar-refractivity contribution in [3.8, 4) is 0 Å². The molecule has 0 aliphatic heterocycles. The maximum absolute atomic E-state index is 6.21. The number of halogens is 3. The Bertz CT molecular complexity index is 378. The number of benzene rings is 1. The topological polar surface area (TPSA) is 0 Å². The van der Waals surface area contributed by atoms with Gasteiger partial charge in [-0.15, -0.1) is 0 Å². The first kappa shape index (κ1) is 12.7. The van der Waals surface area contributed by atoms with Gasteiger partial charge in [-0.25, -0.2) is 0 Å². The number of alkyl halides is 1. The van der Waals surface area contributed by atoms with Crippen molar-refractivity contribution in [2.45, 2.75) is 31.0 Å². The lowest BCUT2D eigenvalue weighted by Gasteiger charge is -2.18. The highest BCUT2D eigenvalue weighted by Crippen LogP contribution is 2.39. The van der Waals surface area contributed by atoms with Gasteiger partial charge in [0.05, 0.1) is 10.0 Å². The van der Waals surface area contributed by atoms with E-state index in [4.69, 9.17) is 23.2 Å². The van der Waals surface area contributed by atoms with Crippen LogP contribution < -0.4 is 0 Å². The van der Waals surface area contributed by atoms with Crippen molar-refractivity contribution in [2.24, 2.45) is 11.8 Å². The van der Waals surface area contributed by atoms with Gasteiger partial charge in [-0.3, -0.25) is 0 Å². The standard InChI is InChI=1S/C13H15BrCl2/c1-8-9(5-6-11(8)14)7-10-3-2-4-12(15)13(10)16/h2-4,8-9,11H,5-7H2,1H3. The summed E-state index contributed by atoms with van der Waals surface area (Å²) in [4.78, 5) is 0.662. The molecule has 2 rings (SSSR count). The van der Waals surface area contributed by atoms with Crippen molar-refractivity contribution >= 4 is 39.1 Å². The van der Waals surface area contributed by atoms with Gasteiger partial charge in [0, 0.05) is 4.83 Å². The van der Waals surface area contributed by atoms with Crippen LogP contribution in [0.3, 0.4) is 0 Å². The first-order chi connectivity index (χ1) is 7.59. The minimum atomic E-state index is 0.662. The molecule has 16 heavy (non-hydrogen) atoms. The smallest absolute Gasteiger partial charge is 0.0624 e. The minimum absolute atomic E-state index is 0.662. The summed E-state index contributed by atoms with van der Waals surface area (Å²) in [5.41, 5.74) is 1.19. The van der Waals surface area contributed by atoms with Crippen molar-refractivity contribution in [1.82, 2.24) is 0 Å². The molecule has 3 heteroatoms. The second kappa shape index (κ2) is 5.29. The lowest BCUT2D eigenvalue weighted by atomic mass is 9.91. The SMILES string of the molecule is CC1C(Br)CCC1Cc1cccc(Cl)c1Cl. The largest absolute Gasteiger partial charge is 0.0888 e. The fourth-order valence-corrected chi connectivity index (χ4v) is 3.56. The van der Waals surface area contributed by atoms with Crippen LogP contribution in [0.1, 0.15) is 25.3 Å². The normalized spacial score (nSPS) is 29.6. The molecule has 0 spiro atoms. The third kappa shape index (κ3) is 2.57. The van der Waals surface area contributed by atoms with E-state index in [1.54, 1.807) is 0 Å². The van der Waals surface area contributed by atoms with E-state index in [9.17, 15) is 0 Å². The zero-order valence-corrected chi connectivity index (χ0v) is 12.3. The summed E-state index contributed by atoms with van der Waals surface area (Å²) < 4.78 is 0. The van der Waals surface area contributed by atoms with E-state index in [0.717, 1.165) is 23.3 Å². The highest BCUT2D eigenvalue weighted by molar-refractivity contribution is 9.09. The van der Waals surface area contributed by atoms with E-state index in [0.29, 0.717) is 9.85 Å². The maximum atomic E-state index is 6.21. The lowest BCUT2D eigenvalue weighted by molar-refractivity contribution is 0.423. The Kier molecular flexibility index (Phi) is 4.21. The van der Waals surface area contributed by atoms with Crippen molar-refractivity contribution in [1.29, 1.82) is 0 Å². The number of hydrogen-bond acceptors (Lipinski definition) is 0. The van der Waals surface area contributed by atoms with Crippen LogP contribution >= 0.6 is 39.1 Å². The molecule has 0 nitrogen and oxygen atoms in total. The van der Waals surface area contributed by atoms with Crippen molar-refractivity contribution in [3.05, 3.63) is 33.8 Å². The molecule has 0 bridgehead atoms. The molecule has 0 N–H and O–H groups in total. The molecule has 1 aliphatic rings. The molecule has 0 saturated heterocycles. The summed E-state index contributed by atoms with van der Waals surface area (Å²) in [5.74, 6) is 1.44. The van der Waals surface area contributed by atoms with Gasteiger partial charge in [-0.2, -0.15) is 0 Å². The van der Waals surface area contributed by atoms with E-state index < -0.39 is 0 Å². The second-order valence-corrected chi connectivity index (χ2v) is 6.59. The fraction of sp³-hybridized carbons (Fsp3) is 0.538. The average molecular weight is 322 g/mol. The van der Waals surface area contributed by atoms with Crippen LogP contribution in [0, 0.1) is 11.8 Å². The molecule has 3 unspecified atom stereocenters. The molecule has 1 saturated carbocycles. The summed E-state index contributed by atoms with van der Waals surface area (Å²) in [7, 11) is 0. The molecular formula is C13H15BrCl2. The summed E-state index contributed by atoms with van der Waals surface area (Å²) in [6.45, 7) is 2.32. The van der Waals surface area contributed by atoms with Crippen molar-refractivity contribution in [3.63, 3.8) is 0 Å². The number of rotatable bonds is 2. The van der Waals surface area contributed by atoms with Crippen molar-refractivity contribution < 1.29 is 0 Å². The zero-order chi connectivity index (χ0) is 11.7. The quantitative estimate of drug-likeness (QED) is 0.644. The third-order valence-electron chi connectivity index (χ3n) is 3.64. The van der Waals surface area contributed by atoms with Crippen LogP contribution in [-0.4, -0.2) is 4.83 Å². The van der Waals surface area contributed by atoms with Crippen LogP contribution in [0.2, 0.25) is 10.0 Å². The van der Waals surface area contributed by atoms with Gasteiger partial charge in [0.25, 0.3) is 0 Å². The van der Waals surface area contributed by atoms with Gasteiger partial charge in [0.15, 0.2) is 0 Å². The van der Waals surface area contributed by atoms with Gasteiger partial charge in [-0.05, 0) is 42.7 Å². The number of hydrogen-bond donors (Lipinski definition) is 0. The Balaban J connectivity index is 2.12. The average Bonchev–Trinajstić information content (AvgIpc) is 2.57. The molecule has 1 aliphatic carbocycles. The maximum Gasteiger partial charge on any atom is 0.0624 e. The van der Waals surface area contributed by atoms with Gasteiger partial charge in [0.2, 0.25) is 0 Å². The van der Waals surface area contributed by atoms with Gasteiger partial charge >= 0.3 is 0 Å². The van der Waals surface area contributed by atoms with Crippen LogP contribution in [-0.2, 0) is 6.42 Å². The summed E-state index contributed by atoms with van der Waals surface area (Å²) in [6, 6.07) is 5.91. The molecule has 0 aromatic heterocycles. The molecular weight excluding hydrogens is 307 g/mol. The highest BCUT2D eigenvalue weighted by Gasteiger charge is 2.31. The van der Waals surface area contributed by atoms with E-state index in [2.05, 4.69) is 28.9 Å². The fourth-order valence-electron chi connectivity index (χ4n) is 2.47. The first-order valence-corrected chi connectivity index (χ1v) is 7.33. The van der Waals surface area contributed by atoms with Crippen molar-refractivity contribution in [2.75, 3.05) is 0 Å². The summed E-state index contributed by atoms with van der Waals surface area (Å²) in [6.07, 6.45) is 3.59. The molecule has 0 amide bonds. The molecule has 1 aromatic carbocycles. The van der Waals surface area contributed by atoms with E-state index >= 15 is 0 Å². The lowest BCUT2D eigenvalue weighted by Crippen LogP contribution is -2.13. The van der Waals surface area contributed by atoms with Crippen LogP contribution in [0.4, 0.5) is 0 Å². The second-order valence-electron chi connectivity index (χ2n) is 4.63. The van der Waals surface area contributed by atoms with E-state index in [-0.39, 0.29) is 0 Å². The first-order valence-electron chi connectivity index (χ1n) is 5.66. The highest BCUT2D eigenvalue weighted by atomic mass is 79.9.